The second-order valence-corrected chi connectivity index (χ2v) is 4.09. The number of nitrogens with one attached hydrogen (secondary N) is 2. The monoisotopic (exact) mass is 226 g/mol. The molecule has 0 unspecified atom stereocenters. The van der Waals surface area contributed by atoms with Crippen molar-refractivity contribution in [3.8, 4) is 0 Å². The predicted octanol–water partition coefficient (Wildman–Crippen LogP) is 1.68. The van der Waals surface area contributed by atoms with Crippen molar-refractivity contribution < 1.29 is 0 Å². The summed E-state index contributed by atoms with van der Waals surface area (Å²) >= 11 is 0. The first kappa shape index (κ1) is 9.84. The molecule has 0 aliphatic rings. The third kappa shape index (κ3) is 1.45. The van der Waals surface area contributed by atoms with E-state index in [1.807, 2.05) is 19.1 Å². The summed E-state index contributed by atoms with van der Waals surface area (Å²) in [5.74, 6) is 0. The highest BCUT2D eigenvalue weighted by Crippen LogP contribution is 2.21. The van der Waals surface area contributed by atoms with E-state index in [-0.39, 0.29) is 11.1 Å². The number of aromatic amines is 2. The van der Waals surface area contributed by atoms with Gasteiger partial charge >= 0.3 is 0 Å². The van der Waals surface area contributed by atoms with Crippen molar-refractivity contribution in [1.82, 2.24) is 9.97 Å². The zero-order valence-corrected chi connectivity index (χ0v) is 9.20. The fraction of sp³-hybridized carbons (Fsp3) is 0.0769. The molecule has 0 spiro atoms. The molecule has 0 amide bonds. The van der Waals surface area contributed by atoms with Crippen LogP contribution in [0.1, 0.15) is 5.56 Å². The molecule has 3 rings (SSSR count). The molecule has 0 bridgehead atoms. The third-order valence-corrected chi connectivity index (χ3v) is 2.92. The van der Waals surface area contributed by atoms with Gasteiger partial charge in [-0.2, -0.15) is 0 Å². The van der Waals surface area contributed by atoms with Crippen molar-refractivity contribution in [1.29, 1.82) is 0 Å². The van der Waals surface area contributed by atoms with Crippen LogP contribution in [-0.2, 0) is 0 Å². The highest BCUT2D eigenvalue weighted by atomic mass is 16.1. The summed E-state index contributed by atoms with van der Waals surface area (Å²) in [6.45, 7) is 1.88. The Kier molecular flexibility index (Phi) is 1.92. The minimum atomic E-state index is -0.174. The summed E-state index contributed by atoms with van der Waals surface area (Å²) < 4.78 is 0. The average molecular weight is 226 g/mol. The fourth-order valence-electron chi connectivity index (χ4n) is 2.11. The number of benzene rings is 1. The lowest BCUT2D eigenvalue weighted by atomic mass is 10.1. The molecule has 1 aromatic carbocycles. The van der Waals surface area contributed by atoms with E-state index in [2.05, 4.69) is 9.97 Å². The second kappa shape index (κ2) is 3.31. The number of aromatic nitrogens is 2. The number of hydrogen-bond acceptors (Lipinski definition) is 2. The van der Waals surface area contributed by atoms with E-state index in [0.717, 1.165) is 16.3 Å². The van der Waals surface area contributed by atoms with Crippen LogP contribution in [0.5, 0.6) is 0 Å². The molecule has 4 nitrogen and oxygen atoms in total. The Labute approximate surface area is 95.9 Å². The van der Waals surface area contributed by atoms with Crippen LogP contribution >= 0.6 is 0 Å². The van der Waals surface area contributed by atoms with Gasteiger partial charge in [-0.25, -0.2) is 0 Å². The van der Waals surface area contributed by atoms with Gasteiger partial charge in [0.2, 0.25) is 11.1 Å². The van der Waals surface area contributed by atoms with Crippen molar-refractivity contribution in [2.75, 3.05) is 0 Å². The van der Waals surface area contributed by atoms with Crippen LogP contribution in [0, 0.1) is 6.92 Å². The minimum Gasteiger partial charge on any atom is -0.320 e. The Morgan fingerprint density at radius 1 is 0.882 bits per heavy atom. The maximum atomic E-state index is 11.5. The Hall–Kier alpha value is -2.36. The van der Waals surface area contributed by atoms with Gasteiger partial charge in [0.1, 0.15) is 0 Å². The molecular formula is C13H10N2O2. The van der Waals surface area contributed by atoms with Gasteiger partial charge in [-0.3, -0.25) is 9.59 Å². The molecule has 3 aromatic rings. The maximum absolute atomic E-state index is 11.5. The van der Waals surface area contributed by atoms with Crippen LogP contribution in [0.25, 0.3) is 21.8 Å². The minimum absolute atomic E-state index is 0.160. The lowest BCUT2D eigenvalue weighted by Crippen LogP contribution is -2.08. The van der Waals surface area contributed by atoms with E-state index in [4.69, 9.17) is 0 Å². The lowest BCUT2D eigenvalue weighted by molar-refractivity contribution is 1.26. The molecule has 0 saturated carbocycles. The van der Waals surface area contributed by atoms with Crippen LogP contribution in [0.2, 0.25) is 0 Å². The zero-order valence-electron chi connectivity index (χ0n) is 9.20. The molecular weight excluding hydrogens is 216 g/mol. The lowest BCUT2D eigenvalue weighted by Gasteiger charge is -2.05. The fourth-order valence-corrected chi connectivity index (χ4v) is 2.11. The number of fused-ring (bicyclic) bond motifs is 3. The largest absolute Gasteiger partial charge is 0.320 e. The molecule has 2 aromatic heterocycles. The third-order valence-electron chi connectivity index (χ3n) is 2.92. The van der Waals surface area contributed by atoms with Gasteiger partial charge in [0.15, 0.2) is 0 Å². The highest BCUT2D eigenvalue weighted by molar-refractivity contribution is 6.03. The summed E-state index contributed by atoms with van der Waals surface area (Å²) in [6, 6.07) is 8.64. The molecule has 0 fully saturated rings. The molecule has 84 valence electrons. The number of pyridine rings is 2. The summed E-state index contributed by atoms with van der Waals surface area (Å²) in [7, 11) is 0. The van der Waals surface area contributed by atoms with Crippen molar-refractivity contribution in [2.24, 2.45) is 0 Å². The summed E-state index contributed by atoms with van der Waals surface area (Å²) in [4.78, 5) is 28.4. The zero-order chi connectivity index (χ0) is 12.0. The molecule has 0 atom stereocenters. The molecule has 2 N–H and O–H groups in total. The standard InChI is InChI=1S/C13H10N2O2/c1-7-6-11(17)15-13-9(7)4-2-8-3-5-10(16)14-12(8)13/h2-6H,1H3,(H,14,16)(H,15,17). The van der Waals surface area contributed by atoms with E-state index in [1.165, 1.54) is 6.07 Å². The van der Waals surface area contributed by atoms with Crippen LogP contribution in [0.15, 0.2) is 39.9 Å². The van der Waals surface area contributed by atoms with Crippen LogP contribution in [-0.4, -0.2) is 9.97 Å². The van der Waals surface area contributed by atoms with Gasteiger partial charge in [-0.05, 0) is 18.6 Å². The van der Waals surface area contributed by atoms with Gasteiger partial charge in [-0.1, -0.05) is 12.1 Å². The number of rotatable bonds is 0. The summed E-state index contributed by atoms with van der Waals surface area (Å²) in [5, 5.41) is 1.84. The molecule has 0 aliphatic carbocycles. The van der Waals surface area contributed by atoms with Crippen LogP contribution < -0.4 is 11.1 Å². The van der Waals surface area contributed by atoms with E-state index in [1.54, 1.807) is 12.1 Å². The first-order valence-electron chi connectivity index (χ1n) is 5.31. The van der Waals surface area contributed by atoms with Crippen LogP contribution in [0.3, 0.4) is 0 Å². The van der Waals surface area contributed by atoms with E-state index >= 15 is 0 Å². The topological polar surface area (TPSA) is 65.7 Å². The van der Waals surface area contributed by atoms with Gasteiger partial charge in [0.25, 0.3) is 0 Å². The normalized spacial score (nSPS) is 11.1. The van der Waals surface area contributed by atoms with Gasteiger partial charge in [-0.15, -0.1) is 0 Å². The van der Waals surface area contributed by atoms with Crippen molar-refractivity contribution in [3.05, 3.63) is 56.6 Å². The van der Waals surface area contributed by atoms with Crippen molar-refractivity contribution in [2.45, 2.75) is 6.92 Å². The molecule has 0 aliphatic heterocycles. The molecule has 2 heterocycles. The quantitative estimate of drug-likeness (QED) is 0.573. The molecule has 4 heteroatoms. The predicted molar refractivity (Wildman–Crippen MR) is 67.4 cm³/mol. The van der Waals surface area contributed by atoms with Gasteiger partial charge in [0, 0.05) is 22.9 Å². The first-order valence-corrected chi connectivity index (χ1v) is 5.31. The maximum Gasteiger partial charge on any atom is 0.248 e. The molecule has 0 saturated heterocycles. The summed E-state index contributed by atoms with van der Waals surface area (Å²) in [5.41, 5.74) is 1.93. The summed E-state index contributed by atoms with van der Waals surface area (Å²) in [6.07, 6.45) is 0. The van der Waals surface area contributed by atoms with Crippen LogP contribution in [0.4, 0.5) is 0 Å². The Morgan fingerprint density at radius 2 is 1.59 bits per heavy atom. The van der Waals surface area contributed by atoms with Crippen molar-refractivity contribution >= 4 is 21.8 Å². The number of aryl methyl sites for hydroxylation is 1. The Morgan fingerprint density at radius 3 is 2.41 bits per heavy atom. The van der Waals surface area contributed by atoms with Gasteiger partial charge in [0.05, 0.1) is 11.0 Å². The molecule has 0 radical (unpaired) electrons. The van der Waals surface area contributed by atoms with Gasteiger partial charge < -0.3 is 9.97 Å². The van der Waals surface area contributed by atoms with E-state index < -0.39 is 0 Å². The Balaban J connectivity index is 2.67. The average Bonchev–Trinajstić information content (AvgIpc) is 2.28. The number of hydrogen-bond donors (Lipinski definition) is 2. The first-order chi connectivity index (χ1) is 8.15. The smallest absolute Gasteiger partial charge is 0.248 e. The molecule has 17 heavy (non-hydrogen) atoms. The van der Waals surface area contributed by atoms with E-state index in [0.29, 0.717) is 11.0 Å². The second-order valence-electron chi connectivity index (χ2n) is 4.09. The number of H-pyrrole nitrogens is 2. The van der Waals surface area contributed by atoms with E-state index in [9.17, 15) is 9.59 Å². The van der Waals surface area contributed by atoms with Crippen molar-refractivity contribution in [3.63, 3.8) is 0 Å². The highest BCUT2D eigenvalue weighted by Gasteiger charge is 2.04. The Bertz CT molecular complexity index is 843. The SMILES string of the molecule is Cc1cc(=O)[nH]c2c1ccc1ccc(=O)[nH]c12.